The Labute approximate surface area is 146 Å². The van der Waals surface area contributed by atoms with E-state index in [1.807, 2.05) is 50.2 Å². The van der Waals surface area contributed by atoms with Crippen molar-refractivity contribution in [3.8, 4) is 11.5 Å². The van der Waals surface area contributed by atoms with E-state index in [1.165, 1.54) is 5.56 Å². The lowest BCUT2D eigenvalue weighted by Crippen LogP contribution is -2.05. The van der Waals surface area contributed by atoms with Gasteiger partial charge in [-0.25, -0.2) is 0 Å². The first-order chi connectivity index (χ1) is 11.5. The number of ether oxygens (including phenoxy) is 2. The number of benzene rings is 2. The van der Waals surface area contributed by atoms with Crippen LogP contribution in [0.2, 0.25) is 0 Å². The standard InChI is InChI=1S/C21H29NO2/c1-16(2)13-14-23-20-9-5-18(6-10-20)15-22-19-7-11-21(12-8-19)24-17(3)4/h5-12,16-17,22H,13-15H2,1-4H3. The highest BCUT2D eigenvalue weighted by Gasteiger charge is 2.00. The molecule has 0 bridgehead atoms. The van der Waals surface area contributed by atoms with Crippen molar-refractivity contribution < 1.29 is 9.47 Å². The van der Waals surface area contributed by atoms with E-state index in [4.69, 9.17) is 9.47 Å². The van der Waals surface area contributed by atoms with Crippen LogP contribution in [0, 0.1) is 5.92 Å². The molecule has 0 spiro atoms. The summed E-state index contributed by atoms with van der Waals surface area (Å²) >= 11 is 0. The van der Waals surface area contributed by atoms with E-state index >= 15 is 0 Å². The Bertz CT molecular complexity index is 588. The molecule has 0 unspecified atom stereocenters. The largest absolute Gasteiger partial charge is 0.494 e. The zero-order chi connectivity index (χ0) is 17.4. The van der Waals surface area contributed by atoms with Crippen molar-refractivity contribution in [1.29, 1.82) is 0 Å². The molecule has 24 heavy (non-hydrogen) atoms. The van der Waals surface area contributed by atoms with E-state index in [0.29, 0.717) is 5.92 Å². The minimum atomic E-state index is 0.199. The fourth-order valence-corrected chi connectivity index (χ4v) is 2.24. The van der Waals surface area contributed by atoms with Gasteiger partial charge in [0, 0.05) is 12.2 Å². The van der Waals surface area contributed by atoms with Gasteiger partial charge in [0.2, 0.25) is 0 Å². The monoisotopic (exact) mass is 327 g/mol. The van der Waals surface area contributed by atoms with Gasteiger partial charge in [0.25, 0.3) is 0 Å². The quantitative estimate of drug-likeness (QED) is 0.658. The van der Waals surface area contributed by atoms with Crippen molar-refractivity contribution in [2.45, 2.75) is 46.8 Å². The van der Waals surface area contributed by atoms with Crippen LogP contribution >= 0.6 is 0 Å². The predicted octanol–water partition coefficient (Wildman–Crippen LogP) is 5.51. The molecule has 0 aliphatic rings. The van der Waals surface area contributed by atoms with Crippen LogP contribution in [0.5, 0.6) is 11.5 Å². The molecule has 0 saturated carbocycles. The second-order valence-corrected chi connectivity index (χ2v) is 6.72. The van der Waals surface area contributed by atoms with Gasteiger partial charge in [-0.05, 0) is 68.1 Å². The Morgan fingerprint density at radius 2 is 1.46 bits per heavy atom. The molecule has 0 aliphatic heterocycles. The minimum Gasteiger partial charge on any atom is -0.494 e. The molecule has 0 aromatic heterocycles. The summed E-state index contributed by atoms with van der Waals surface area (Å²) in [5, 5.41) is 3.42. The molecule has 0 fully saturated rings. The molecule has 1 N–H and O–H groups in total. The Morgan fingerprint density at radius 3 is 2.04 bits per heavy atom. The third kappa shape index (κ3) is 6.53. The molecular weight excluding hydrogens is 298 g/mol. The summed E-state index contributed by atoms with van der Waals surface area (Å²) in [5.41, 5.74) is 2.32. The van der Waals surface area contributed by atoms with E-state index in [9.17, 15) is 0 Å². The smallest absolute Gasteiger partial charge is 0.119 e. The average Bonchev–Trinajstić information content (AvgIpc) is 2.54. The van der Waals surface area contributed by atoms with E-state index in [0.717, 1.165) is 36.8 Å². The zero-order valence-corrected chi connectivity index (χ0v) is 15.2. The van der Waals surface area contributed by atoms with Gasteiger partial charge in [-0.15, -0.1) is 0 Å². The van der Waals surface area contributed by atoms with Crippen LogP contribution in [0.3, 0.4) is 0 Å². The number of nitrogens with one attached hydrogen (secondary N) is 1. The van der Waals surface area contributed by atoms with Gasteiger partial charge in [-0.3, -0.25) is 0 Å². The Morgan fingerprint density at radius 1 is 0.833 bits per heavy atom. The maximum absolute atomic E-state index is 5.75. The third-order valence-electron chi connectivity index (χ3n) is 3.61. The first-order valence-corrected chi connectivity index (χ1v) is 8.75. The molecule has 130 valence electrons. The molecule has 0 radical (unpaired) electrons. The molecule has 3 nitrogen and oxygen atoms in total. The second-order valence-electron chi connectivity index (χ2n) is 6.72. The first-order valence-electron chi connectivity index (χ1n) is 8.75. The fraction of sp³-hybridized carbons (Fsp3) is 0.429. The van der Waals surface area contributed by atoms with Crippen LogP contribution in [-0.4, -0.2) is 12.7 Å². The van der Waals surface area contributed by atoms with E-state index in [-0.39, 0.29) is 6.10 Å². The first kappa shape index (κ1) is 18.2. The van der Waals surface area contributed by atoms with Crippen molar-refractivity contribution in [1.82, 2.24) is 0 Å². The normalized spacial score (nSPS) is 10.9. The topological polar surface area (TPSA) is 30.5 Å². The van der Waals surface area contributed by atoms with Crippen LogP contribution < -0.4 is 14.8 Å². The van der Waals surface area contributed by atoms with Gasteiger partial charge in [-0.1, -0.05) is 26.0 Å². The Balaban J connectivity index is 1.79. The summed E-state index contributed by atoms with van der Waals surface area (Å²) < 4.78 is 11.4. The lowest BCUT2D eigenvalue weighted by atomic mass is 10.1. The van der Waals surface area contributed by atoms with Gasteiger partial charge < -0.3 is 14.8 Å². The van der Waals surface area contributed by atoms with E-state index in [2.05, 4.69) is 31.3 Å². The second kappa shape index (κ2) is 9.21. The van der Waals surface area contributed by atoms with Gasteiger partial charge >= 0.3 is 0 Å². The summed E-state index contributed by atoms with van der Waals surface area (Å²) in [7, 11) is 0. The lowest BCUT2D eigenvalue weighted by molar-refractivity contribution is 0.242. The minimum absolute atomic E-state index is 0.199. The molecule has 0 amide bonds. The van der Waals surface area contributed by atoms with E-state index < -0.39 is 0 Å². The summed E-state index contributed by atoms with van der Waals surface area (Å²) in [6, 6.07) is 16.4. The van der Waals surface area contributed by atoms with Gasteiger partial charge in [-0.2, -0.15) is 0 Å². The van der Waals surface area contributed by atoms with Gasteiger partial charge in [0.05, 0.1) is 12.7 Å². The average molecular weight is 327 g/mol. The van der Waals surface area contributed by atoms with Crippen molar-refractivity contribution in [2.75, 3.05) is 11.9 Å². The summed E-state index contributed by atoms with van der Waals surface area (Å²) in [6.45, 7) is 10.0. The van der Waals surface area contributed by atoms with Crippen molar-refractivity contribution >= 4 is 5.69 Å². The highest BCUT2D eigenvalue weighted by atomic mass is 16.5. The molecule has 3 heteroatoms. The number of anilines is 1. The number of hydrogen-bond acceptors (Lipinski definition) is 3. The van der Waals surface area contributed by atoms with E-state index in [1.54, 1.807) is 0 Å². The molecular formula is C21H29NO2. The van der Waals surface area contributed by atoms with Crippen LogP contribution in [0.4, 0.5) is 5.69 Å². The Kier molecular flexibility index (Phi) is 6.98. The SMILES string of the molecule is CC(C)CCOc1ccc(CNc2ccc(OC(C)C)cc2)cc1. The molecule has 0 heterocycles. The van der Waals surface area contributed by atoms with Gasteiger partial charge in [0.15, 0.2) is 0 Å². The summed E-state index contributed by atoms with van der Waals surface area (Å²) in [5.74, 6) is 2.51. The zero-order valence-electron chi connectivity index (χ0n) is 15.2. The van der Waals surface area contributed by atoms with Crippen molar-refractivity contribution in [3.05, 3.63) is 54.1 Å². The molecule has 2 aromatic rings. The fourth-order valence-electron chi connectivity index (χ4n) is 2.24. The predicted molar refractivity (Wildman–Crippen MR) is 101 cm³/mol. The highest BCUT2D eigenvalue weighted by molar-refractivity contribution is 5.47. The third-order valence-corrected chi connectivity index (χ3v) is 3.61. The molecule has 2 aromatic carbocycles. The number of rotatable bonds is 9. The molecule has 0 saturated heterocycles. The summed E-state index contributed by atoms with van der Waals surface area (Å²) in [6.07, 6.45) is 1.28. The Hall–Kier alpha value is -2.16. The lowest BCUT2D eigenvalue weighted by Gasteiger charge is -2.12. The van der Waals surface area contributed by atoms with Crippen LogP contribution in [0.25, 0.3) is 0 Å². The maximum Gasteiger partial charge on any atom is 0.119 e. The van der Waals surface area contributed by atoms with Crippen LogP contribution in [0.15, 0.2) is 48.5 Å². The van der Waals surface area contributed by atoms with Crippen molar-refractivity contribution in [2.24, 2.45) is 5.92 Å². The number of hydrogen-bond donors (Lipinski definition) is 1. The molecule has 0 atom stereocenters. The van der Waals surface area contributed by atoms with Crippen LogP contribution in [0.1, 0.15) is 39.7 Å². The maximum atomic E-state index is 5.75. The van der Waals surface area contributed by atoms with Crippen molar-refractivity contribution in [3.63, 3.8) is 0 Å². The highest BCUT2D eigenvalue weighted by Crippen LogP contribution is 2.18. The van der Waals surface area contributed by atoms with Crippen LogP contribution in [-0.2, 0) is 6.54 Å². The molecule has 0 aliphatic carbocycles. The molecule has 2 rings (SSSR count). The summed E-state index contributed by atoms with van der Waals surface area (Å²) in [4.78, 5) is 0. The van der Waals surface area contributed by atoms with Gasteiger partial charge in [0.1, 0.15) is 11.5 Å².